The molecule has 1 amide bonds. The molecule has 1 aromatic rings. The molecule has 39 heavy (non-hydrogen) atoms. The number of amides is 1. The number of benzene rings is 1. The summed E-state index contributed by atoms with van der Waals surface area (Å²) in [5, 5.41) is 17.9. The second-order valence-electron chi connectivity index (χ2n) is 8.08. The minimum atomic E-state index is -4.90. The average Bonchev–Trinajstić information content (AvgIpc) is 3.41. The molecule has 1 aromatic carbocycles. The number of terminal acetylenes is 1. The highest BCUT2D eigenvalue weighted by molar-refractivity contribution is 8.18. The molecule has 15 heteroatoms. The number of alkyl halides is 6. The van der Waals surface area contributed by atoms with Crippen LogP contribution in [0.3, 0.4) is 0 Å². The lowest BCUT2D eigenvalue weighted by Gasteiger charge is -2.20. The Morgan fingerprint density at radius 1 is 1.15 bits per heavy atom. The number of thioether (sulfide) groups is 1. The van der Waals surface area contributed by atoms with Gasteiger partial charge >= 0.3 is 24.3 Å². The Balaban J connectivity index is 0.000000580. The number of hydrogen-bond donors (Lipinski definition) is 3. The van der Waals surface area contributed by atoms with Gasteiger partial charge in [0, 0.05) is 25.2 Å². The number of likely N-dealkylation sites (tertiary alicyclic amines) is 1. The zero-order valence-electron chi connectivity index (χ0n) is 19.8. The number of halogens is 6. The molecule has 2 saturated heterocycles. The van der Waals surface area contributed by atoms with E-state index in [1.807, 2.05) is 6.08 Å². The Morgan fingerprint density at radius 3 is 2.33 bits per heavy atom. The summed E-state index contributed by atoms with van der Waals surface area (Å²) in [5.41, 5.74) is -2.83. The maximum atomic E-state index is 13.4. The van der Waals surface area contributed by atoms with Gasteiger partial charge < -0.3 is 15.5 Å². The van der Waals surface area contributed by atoms with Crippen molar-refractivity contribution in [3.63, 3.8) is 0 Å². The number of aliphatic carboxylic acids is 2. The SMILES string of the molecule is C#CCN=C1NC(=O)SC1=CC1CCN(Cc2ccc(C(F)(F)F)cc2C(F)(F)F)C1.O=C(O)C=CC(=O)O. The van der Waals surface area contributed by atoms with Crippen molar-refractivity contribution in [3.05, 3.63) is 58.0 Å². The van der Waals surface area contributed by atoms with Gasteiger partial charge in [-0.15, -0.1) is 6.42 Å². The molecule has 1 atom stereocenters. The van der Waals surface area contributed by atoms with E-state index in [-0.39, 0.29) is 35.9 Å². The van der Waals surface area contributed by atoms with Crippen molar-refractivity contribution in [2.24, 2.45) is 10.9 Å². The number of hydrogen-bond acceptors (Lipinski definition) is 6. The normalized spacial score (nSPS) is 20.1. The van der Waals surface area contributed by atoms with E-state index in [1.54, 1.807) is 4.90 Å². The van der Waals surface area contributed by atoms with Crippen LogP contribution in [0.5, 0.6) is 0 Å². The van der Waals surface area contributed by atoms with Crippen molar-refractivity contribution < 1.29 is 50.9 Å². The smallest absolute Gasteiger partial charge is 0.416 e. The molecule has 0 aromatic heterocycles. The van der Waals surface area contributed by atoms with Crippen LogP contribution in [-0.2, 0) is 28.5 Å². The maximum absolute atomic E-state index is 13.4. The van der Waals surface area contributed by atoms with Crippen LogP contribution in [0.15, 0.2) is 46.3 Å². The maximum Gasteiger partial charge on any atom is 0.416 e. The Hall–Kier alpha value is -3.77. The average molecular weight is 578 g/mol. The van der Waals surface area contributed by atoms with E-state index in [0.29, 0.717) is 48.5 Å². The zero-order valence-corrected chi connectivity index (χ0v) is 20.7. The Morgan fingerprint density at radius 2 is 1.79 bits per heavy atom. The van der Waals surface area contributed by atoms with Crippen LogP contribution in [0.2, 0.25) is 0 Å². The summed E-state index contributed by atoms with van der Waals surface area (Å²) < 4.78 is 78.6. The molecule has 0 radical (unpaired) electrons. The van der Waals surface area contributed by atoms with Crippen LogP contribution >= 0.6 is 11.8 Å². The third-order valence-corrected chi connectivity index (χ3v) is 6.02. The van der Waals surface area contributed by atoms with Crippen molar-refractivity contribution in [1.29, 1.82) is 0 Å². The largest absolute Gasteiger partial charge is 0.478 e. The fourth-order valence-corrected chi connectivity index (χ4v) is 4.40. The quantitative estimate of drug-likeness (QED) is 0.256. The van der Waals surface area contributed by atoms with E-state index in [4.69, 9.17) is 16.6 Å². The van der Waals surface area contributed by atoms with Gasteiger partial charge in [-0.05, 0) is 48.3 Å². The summed E-state index contributed by atoms with van der Waals surface area (Å²) in [7, 11) is 0. The third kappa shape index (κ3) is 10.1. The fraction of sp³-hybridized carbons (Fsp3) is 0.333. The lowest BCUT2D eigenvalue weighted by molar-refractivity contribution is -0.143. The van der Waals surface area contributed by atoms with Gasteiger partial charge in [0.25, 0.3) is 5.24 Å². The van der Waals surface area contributed by atoms with Crippen LogP contribution in [0.25, 0.3) is 0 Å². The highest BCUT2D eigenvalue weighted by Crippen LogP contribution is 2.38. The highest BCUT2D eigenvalue weighted by Gasteiger charge is 2.38. The number of nitrogens with zero attached hydrogens (tertiary/aromatic N) is 2. The van der Waals surface area contributed by atoms with Gasteiger partial charge in [-0.1, -0.05) is 18.1 Å². The first kappa shape index (κ1) is 31.4. The monoisotopic (exact) mass is 577 g/mol. The van der Waals surface area contributed by atoms with Gasteiger partial charge in [-0.2, -0.15) is 26.3 Å². The highest BCUT2D eigenvalue weighted by atomic mass is 32.2. The molecule has 0 aliphatic carbocycles. The number of amidine groups is 1. The summed E-state index contributed by atoms with van der Waals surface area (Å²) in [4.78, 5) is 37.2. The molecule has 2 heterocycles. The lowest BCUT2D eigenvalue weighted by Crippen LogP contribution is -2.23. The summed E-state index contributed by atoms with van der Waals surface area (Å²) in [6.45, 7) is 0.835. The Labute approximate surface area is 222 Å². The molecule has 8 nitrogen and oxygen atoms in total. The number of nitrogens with one attached hydrogen (secondary N) is 1. The van der Waals surface area contributed by atoms with Crippen LogP contribution in [0.1, 0.15) is 23.1 Å². The molecule has 0 spiro atoms. The lowest BCUT2D eigenvalue weighted by atomic mass is 10.0. The molecule has 2 fully saturated rings. The van der Waals surface area contributed by atoms with E-state index in [1.165, 1.54) is 0 Å². The van der Waals surface area contributed by atoms with Gasteiger partial charge in [-0.3, -0.25) is 14.7 Å². The van der Waals surface area contributed by atoms with Gasteiger partial charge in [0.1, 0.15) is 12.4 Å². The van der Waals surface area contributed by atoms with Crippen LogP contribution < -0.4 is 5.32 Å². The number of carboxylic acid groups (broad SMARTS) is 2. The third-order valence-electron chi connectivity index (χ3n) is 5.19. The number of carbonyl (C=O) groups excluding carboxylic acids is 1. The minimum Gasteiger partial charge on any atom is -0.478 e. The predicted octanol–water partition coefficient (Wildman–Crippen LogP) is 4.63. The predicted molar refractivity (Wildman–Crippen MR) is 130 cm³/mol. The fourth-order valence-electron chi connectivity index (χ4n) is 3.58. The first-order valence-electron chi connectivity index (χ1n) is 10.9. The van der Waals surface area contributed by atoms with E-state index >= 15 is 0 Å². The number of carboxylic acids is 2. The topological polar surface area (TPSA) is 119 Å². The molecule has 3 N–H and O–H groups in total. The van der Waals surface area contributed by atoms with E-state index in [2.05, 4.69) is 16.2 Å². The Bertz CT molecular complexity index is 1220. The van der Waals surface area contributed by atoms with E-state index in [9.17, 15) is 40.7 Å². The van der Waals surface area contributed by atoms with E-state index in [0.717, 1.165) is 17.8 Å². The van der Waals surface area contributed by atoms with Crippen molar-refractivity contribution >= 4 is 34.8 Å². The summed E-state index contributed by atoms with van der Waals surface area (Å²) >= 11 is 0.964. The van der Waals surface area contributed by atoms with Crippen LogP contribution in [0.4, 0.5) is 31.1 Å². The molecule has 210 valence electrons. The van der Waals surface area contributed by atoms with Crippen LogP contribution in [-0.4, -0.2) is 57.8 Å². The number of aliphatic imine (C=N–C) groups is 1. The first-order valence-corrected chi connectivity index (χ1v) is 11.7. The van der Waals surface area contributed by atoms with E-state index < -0.39 is 35.4 Å². The molecular weight excluding hydrogens is 556 g/mol. The van der Waals surface area contributed by atoms with Crippen molar-refractivity contribution in [2.75, 3.05) is 19.6 Å². The zero-order chi connectivity index (χ0) is 29.4. The molecule has 3 rings (SSSR count). The summed E-state index contributed by atoms with van der Waals surface area (Å²) in [5.74, 6) is 0.151. The number of rotatable bonds is 6. The van der Waals surface area contributed by atoms with Gasteiger partial charge in [0.15, 0.2) is 0 Å². The van der Waals surface area contributed by atoms with Crippen molar-refractivity contribution in [2.45, 2.75) is 25.3 Å². The van der Waals surface area contributed by atoms with Crippen LogP contribution in [0, 0.1) is 18.3 Å². The van der Waals surface area contributed by atoms with Gasteiger partial charge in [0.2, 0.25) is 0 Å². The Kier molecular flexibility index (Phi) is 10.8. The molecule has 2 aliphatic rings. The summed E-state index contributed by atoms with van der Waals surface area (Å²) in [6, 6.07) is 1.71. The second kappa shape index (κ2) is 13.3. The summed E-state index contributed by atoms with van der Waals surface area (Å²) in [6.07, 6.45) is -1.01. The molecule has 0 bridgehead atoms. The second-order valence-corrected chi connectivity index (χ2v) is 9.09. The van der Waals surface area contributed by atoms with Gasteiger partial charge in [-0.25, -0.2) is 9.59 Å². The van der Waals surface area contributed by atoms with Gasteiger partial charge in [0.05, 0.1) is 16.0 Å². The first-order chi connectivity index (χ1) is 18.1. The minimum absolute atomic E-state index is 0.0463. The molecule has 2 aliphatic heterocycles. The molecular formula is C24H21F6N3O5S. The standard InChI is InChI=1S/C20H17F6N3OS.C4H4O4/c1-2-6-27-17-16(31-18(30)28-17)8-12-5-7-29(10-12)11-13-3-4-14(19(21,22)23)9-15(13)20(24,25)26;5-3(6)1-2-4(7)8/h1,3-4,8-9,12H,5-7,10-11H2,(H,27,28,30);1-2H,(H,5,6)(H,7,8). The number of carbonyl (C=O) groups is 3. The molecule has 1 unspecified atom stereocenters. The van der Waals surface area contributed by atoms with Crippen molar-refractivity contribution in [3.8, 4) is 12.3 Å². The molecule has 0 saturated carbocycles. The van der Waals surface area contributed by atoms with Crippen molar-refractivity contribution in [1.82, 2.24) is 10.2 Å².